The highest BCUT2D eigenvalue weighted by Gasteiger charge is 2.10. The summed E-state index contributed by atoms with van der Waals surface area (Å²) in [6.07, 6.45) is 3.72. The second-order valence-electron chi connectivity index (χ2n) is 5.54. The predicted molar refractivity (Wildman–Crippen MR) is 96.1 cm³/mol. The highest BCUT2D eigenvalue weighted by atomic mass is 16.1. The number of carbonyl (C=O) groups is 1. The van der Waals surface area contributed by atoms with Gasteiger partial charge in [-0.3, -0.25) is 4.79 Å². The SMILES string of the molecule is CCCN(CCC)c1ccc(C(=O)Nc2ccc(C#N)cc2)cn1. The average molecular weight is 322 g/mol. The molecular weight excluding hydrogens is 300 g/mol. The molecule has 5 heteroatoms. The molecule has 2 aromatic rings. The smallest absolute Gasteiger partial charge is 0.257 e. The van der Waals surface area contributed by atoms with Crippen LogP contribution in [0.4, 0.5) is 11.5 Å². The third-order valence-corrected chi connectivity index (χ3v) is 3.59. The van der Waals surface area contributed by atoms with Crippen LogP contribution < -0.4 is 10.2 Å². The molecule has 0 spiro atoms. The molecule has 1 heterocycles. The van der Waals surface area contributed by atoms with Gasteiger partial charge in [0, 0.05) is 25.0 Å². The molecule has 1 N–H and O–H groups in total. The van der Waals surface area contributed by atoms with Crippen LogP contribution in [0.25, 0.3) is 0 Å². The van der Waals surface area contributed by atoms with Crippen molar-refractivity contribution in [3.8, 4) is 6.07 Å². The van der Waals surface area contributed by atoms with E-state index in [9.17, 15) is 4.79 Å². The van der Waals surface area contributed by atoms with Crippen LogP contribution in [0.5, 0.6) is 0 Å². The number of rotatable bonds is 7. The Hall–Kier alpha value is -2.87. The number of pyridine rings is 1. The highest BCUT2D eigenvalue weighted by Crippen LogP contribution is 2.14. The van der Waals surface area contributed by atoms with Gasteiger partial charge < -0.3 is 10.2 Å². The van der Waals surface area contributed by atoms with Crippen molar-refractivity contribution in [2.75, 3.05) is 23.3 Å². The molecule has 0 radical (unpaired) electrons. The number of nitrogens with zero attached hydrogens (tertiary/aromatic N) is 3. The number of anilines is 2. The first-order valence-electron chi connectivity index (χ1n) is 8.20. The normalized spacial score (nSPS) is 10.0. The molecular formula is C19H22N4O. The summed E-state index contributed by atoms with van der Waals surface area (Å²) in [4.78, 5) is 18.9. The summed E-state index contributed by atoms with van der Waals surface area (Å²) in [5.41, 5.74) is 1.73. The zero-order valence-electron chi connectivity index (χ0n) is 14.1. The van der Waals surface area contributed by atoms with E-state index in [0.29, 0.717) is 16.8 Å². The third kappa shape index (κ3) is 4.56. The van der Waals surface area contributed by atoms with E-state index in [4.69, 9.17) is 5.26 Å². The predicted octanol–water partition coefficient (Wildman–Crippen LogP) is 3.83. The molecule has 0 aliphatic heterocycles. The molecule has 2 rings (SSSR count). The molecule has 24 heavy (non-hydrogen) atoms. The van der Waals surface area contributed by atoms with Crippen LogP contribution >= 0.6 is 0 Å². The first-order valence-corrected chi connectivity index (χ1v) is 8.20. The van der Waals surface area contributed by atoms with E-state index in [1.807, 2.05) is 12.1 Å². The number of aromatic nitrogens is 1. The molecule has 0 unspecified atom stereocenters. The largest absolute Gasteiger partial charge is 0.357 e. The Bertz CT molecular complexity index is 696. The van der Waals surface area contributed by atoms with Gasteiger partial charge in [0.2, 0.25) is 0 Å². The minimum absolute atomic E-state index is 0.212. The van der Waals surface area contributed by atoms with Crippen LogP contribution in [0, 0.1) is 11.3 Å². The summed E-state index contributed by atoms with van der Waals surface area (Å²) in [6.45, 7) is 6.19. The zero-order valence-corrected chi connectivity index (χ0v) is 14.1. The van der Waals surface area contributed by atoms with E-state index in [1.165, 1.54) is 0 Å². The highest BCUT2D eigenvalue weighted by molar-refractivity contribution is 6.04. The van der Waals surface area contributed by atoms with Gasteiger partial charge in [0.1, 0.15) is 5.82 Å². The van der Waals surface area contributed by atoms with Crippen molar-refractivity contribution in [3.63, 3.8) is 0 Å². The average Bonchev–Trinajstić information content (AvgIpc) is 2.62. The third-order valence-electron chi connectivity index (χ3n) is 3.59. The second-order valence-corrected chi connectivity index (χ2v) is 5.54. The molecule has 1 aromatic carbocycles. The van der Waals surface area contributed by atoms with E-state index in [2.05, 4.69) is 29.0 Å². The van der Waals surface area contributed by atoms with E-state index in [-0.39, 0.29) is 5.91 Å². The Labute approximate surface area is 142 Å². The van der Waals surface area contributed by atoms with Gasteiger partial charge in [0.05, 0.1) is 17.2 Å². The molecule has 1 amide bonds. The Morgan fingerprint density at radius 2 is 1.79 bits per heavy atom. The van der Waals surface area contributed by atoms with Gasteiger partial charge in [-0.05, 0) is 49.2 Å². The van der Waals surface area contributed by atoms with E-state index >= 15 is 0 Å². The van der Waals surface area contributed by atoms with Crippen LogP contribution in [0.15, 0.2) is 42.6 Å². The first kappa shape index (κ1) is 17.5. The monoisotopic (exact) mass is 322 g/mol. The Morgan fingerprint density at radius 3 is 2.29 bits per heavy atom. The number of carbonyl (C=O) groups excluding carboxylic acids is 1. The Kier molecular flexibility index (Phi) is 6.32. The number of amides is 1. The maximum Gasteiger partial charge on any atom is 0.257 e. The maximum atomic E-state index is 12.3. The lowest BCUT2D eigenvalue weighted by atomic mass is 10.2. The molecule has 124 valence electrons. The lowest BCUT2D eigenvalue weighted by molar-refractivity contribution is 0.102. The standard InChI is InChI=1S/C19H22N4O/c1-3-11-23(12-4-2)18-10-7-16(14-21-18)19(24)22-17-8-5-15(13-20)6-9-17/h5-10,14H,3-4,11-12H2,1-2H3,(H,22,24). The molecule has 0 bridgehead atoms. The molecule has 0 aliphatic carbocycles. The van der Waals surface area contributed by atoms with Crippen molar-refractivity contribution in [3.05, 3.63) is 53.7 Å². The summed E-state index contributed by atoms with van der Waals surface area (Å²) in [5.74, 6) is 0.685. The van der Waals surface area contributed by atoms with Crippen molar-refractivity contribution in [2.24, 2.45) is 0 Å². The number of hydrogen-bond acceptors (Lipinski definition) is 4. The fraction of sp³-hybridized carbons (Fsp3) is 0.316. The topological polar surface area (TPSA) is 69.0 Å². The molecule has 0 saturated heterocycles. The van der Waals surface area contributed by atoms with Crippen molar-refractivity contribution in [2.45, 2.75) is 26.7 Å². The van der Waals surface area contributed by atoms with Crippen molar-refractivity contribution in [1.29, 1.82) is 5.26 Å². The van der Waals surface area contributed by atoms with Crippen molar-refractivity contribution < 1.29 is 4.79 Å². The maximum absolute atomic E-state index is 12.3. The molecule has 0 aliphatic rings. The fourth-order valence-electron chi connectivity index (χ4n) is 2.42. The van der Waals surface area contributed by atoms with Gasteiger partial charge in [0.15, 0.2) is 0 Å². The van der Waals surface area contributed by atoms with Gasteiger partial charge >= 0.3 is 0 Å². The number of hydrogen-bond donors (Lipinski definition) is 1. The van der Waals surface area contributed by atoms with Crippen LogP contribution in [0.2, 0.25) is 0 Å². The first-order chi connectivity index (χ1) is 11.7. The van der Waals surface area contributed by atoms with Crippen molar-refractivity contribution >= 4 is 17.4 Å². The van der Waals surface area contributed by atoms with Crippen LogP contribution in [0.1, 0.15) is 42.6 Å². The number of nitrogens with one attached hydrogen (secondary N) is 1. The molecule has 0 fully saturated rings. The van der Waals surface area contributed by atoms with E-state index in [1.54, 1.807) is 36.5 Å². The fourth-order valence-corrected chi connectivity index (χ4v) is 2.42. The zero-order chi connectivity index (χ0) is 17.4. The number of benzene rings is 1. The number of nitriles is 1. The molecule has 0 saturated carbocycles. The quantitative estimate of drug-likeness (QED) is 0.841. The lowest BCUT2D eigenvalue weighted by Gasteiger charge is -2.22. The van der Waals surface area contributed by atoms with Gasteiger partial charge in [0.25, 0.3) is 5.91 Å². The second kappa shape index (κ2) is 8.68. The van der Waals surface area contributed by atoms with Gasteiger partial charge in [-0.15, -0.1) is 0 Å². The van der Waals surface area contributed by atoms with Crippen LogP contribution in [0.3, 0.4) is 0 Å². The van der Waals surface area contributed by atoms with E-state index in [0.717, 1.165) is 31.7 Å². The molecule has 5 nitrogen and oxygen atoms in total. The summed E-state index contributed by atoms with van der Waals surface area (Å²) in [5, 5.41) is 11.6. The van der Waals surface area contributed by atoms with Gasteiger partial charge in [-0.1, -0.05) is 13.8 Å². The lowest BCUT2D eigenvalue weighted by Crippen LogP contribution is -2.26. The Balaban J connectivity index is 2.05. The van der Waals surface area contributed by atoms with Crippen LogP contribution in [-0.4, -0.2) is 24.0 Å². The molecule has 0 atom stereocenters. The van der Waals surface area contributed by atoms with E-state index < -0.39 is 0 Å². The summed E-state index contributed by atoms with van der Waals surface area (Å²) in [7, 11) is 0. The summed E-state index contributed by atoms with van der Waals surface area (Å²) >= 11 is 0. The minimum Gasteiger partial charge on any atom is -0.357 e. The Morgan fingerprint density at radius 1 is 1.12 bits per heavy atom. The van der Waals surface area contributed by atoms with Gasteiger partial charge in [-0.25, -0.2) is 4.98 Å². The van der Waals surface area contributed by atoms with Gasteiger partial charge in [-0.2, -0.15) is 5.26 Å². The minimum atomic E-state index is -0.212. The molecule has 1 aromatic heterocycles. The summed E-state index contributed by atoms with van der Waals surface area (Å²) in [6, 6.07) is 12.5. The summed E-state index contributed by atoms with van der Waals surface area (Å²) < 4.78 is 0. The van der Waals surface area contributed by atoms with Crippen LogP contribution in [-0.2, 0) is 0 Å². The van der Waals surface area contributed by atoms with Crippen molar-refractivity contribution in [1.82, 2.24) is 4.98 Å².